The Morgan fingerprint density at radius 3 is 2.40 bits per heavy atom. The summed E-state index contributed by atoms with van der Waals surface area (Å²) in [5.41, 5.74) is 3.99. The number of unbranched alkanes of at least 4 members (excludes halogenated alkanes) is 2. The molecule has 0 radical (unpaired) electrons. The third kappa shape index (κ3) is 5.41. The van der Waals surface area contributed by atoms with E-state index in [0.29, 0.717) is 26.9 Å². The van der Waals surface area contributed by atoms with Crippen molar-refractivity contribution in [1.29, 1.82) is 0 Å². The van der Waals surface area contributed by atoms with Gasteiger partial charge in [-0.2, -0.15) is 14.6 Å². The summed E-state index contributed by atoms with van der Waals surface area (Å²) in [6, 6.07) is 25.0. The molecule has 6 rings (SSSR count). The van der Waals surface area contributed by atoms with Gasteiger partial charge in [-0.15, -0.1) is 5.10 Å². The van der Waals surface area contributed by atoms with Crippen molar-refractivity contribution in [1.82, 2.24) is 24.4 Å². The van der Waals surface area contributed by atoms with E-state index >= 15 is 0 Å². The van der Waals surface area contributed by atoms with Crippen molar-refractivity contribution < 1.29 is 4.74 Å². The molecular weight excluding hydrogens is 542 g/mol. The van der Waals surface area contributed by atoms with Gasteiger partial charge in [0.05, 0.1) is 16.8 Å². The summed E-state index contributed by atoms with van der Waals surface area (Å²) in [6.07, 6.45) is 7.13. The Hall–Kier alpha value is -4.27. The van der Waals surface area contributed by atoms with Crippen LogP contribution < -0.4 is 14.8 Å². The van der Waals surface area contributed by atoms with Crippen LogP contribution in [0.2, 0.25) is 5.02 Å². The molecule has 9 heteroatoms. The van der Waals surface area contributed by atoms with Crippen LogP contribution in [-0.2, 0) is 0 Å². The monoisotopic (exact) mass is 567 g/mol. The minimum atomic E-state index is -0.218. The SMILES string of the molecule is CCCCCOc1ccc(-c2nc3sc(=Cc4cn(-c5ccccc5)nc4-c4ccc(Cl)cc4)c(=O)n3n2)cc1. The van der Waals surface area contributed by atoms with Gasteiger partial charge < -0.3 is 4.74 Å². The average Bonchev–Trinajstić information content (AvgIpc) is 3.67. The maximum absolute atomic E-state index is 13.3. The van der Waals surface area contributed by atoms with Gasteiger partial charge in [-0.3, -0.25) is 4.79 Å². The van der Waals surface area contributed by atoms with E-state index in [1.54, 1.807) is 0 Å². The predicted molar refractivity (Wildman–Crippen MR) is 160 cm³/mol. The number of rotatable bonds is 9. The lowest BCUT2D eigenvalue weighted by Gasteiger charge is -2.05. The van der Waals surface area contributed by atoms with Crippen LogP contribution in [-0.4, -0.2) is 31.0 Å². The fourth-order valence-electron chi connectivity index (χ4n) is 4.38. The van der Waals surface area contributed by atoms with Crippen LogP contribution in [0, 0.1) is 0 Å². The summed E-state index contributed by atoms with van der Waals surface area (Å²) in [5, 5.41) is 9.99. The van der Waals surface area contributed by atoms with E-state index in [4.69, 9.17) is 21.4 Å². The molecule has 0 aliphatic rings. The lowest BCUT2D eigenvalue weighted by Crippen LogP contribution is -2.23. The molecule has 7 nitrogen and oxygen atoms in total. The molecular formula is C31H26ClN5O2S. The van der Waals surface area contributed by atoms with Gasteiger partial charge in [0.15, 0.2) is 5.82 Å². The molecule has 0 N–H and O–H groups in total. The Labute approximate surface area is 240 Å². The molecule has 6 aromatic rings. The Balaban J connectivity index is 1.33. The number of hydrogen-bond donors (Lipinski definition) is 0. The molecule has 40 heavy (non-hydrogen) atoms. The summed E-state index contributed by atoms with van der Waals surface area (Å²) < 4.78 is 9.51. The van der Waals surface area contributed by atoms with Gasteiger partial charge in [0.1, 0.15) is 11.4 Å². The van der Waals surface area contributed by atoms with E-state index < -0.39 is 0 Å². The highest BCUT2D eigenvalue weighted by molar-refractivity contribution is 7.15. The summed E-state index contributed by atoms with van der Waals surface area (Å²) in [4.78, 5) is 18.5. The smallest absolute Gasteiger partial charge is 0.291 e. The number of halogens is 1. The lowest BCUT2D eigenvalue weighted by atomic mass is 10.1. The first kappa shape index (κ1) is 26.0. The summed E-state index contributed by atoms with van der Waals surface area (Å²) in [5.74, 6) is 1.32. The van der Waals surface area contributed by atoms with Crippen molar-refractivity contribution >= 4 is 34.0 Å². The fraction of sp³-hybridized carbons (Fsp3) is 0.161. The van der Waals surface area contributed by atoms with Crippen LogP contribution in [0.5, 0.6) is 5.75 Å². The van der Waals surface area contributed by atoms with Crippen LogP contribution in [0.3, 0.4) is 0 Å². The van der Waals surface area contributed by atoms with Crippen LogP contribution >= 0.6 is 22.9 Å². The van der Waals surface area contributed by atoms with Crippen molar-refractivity contribution in [3.8, 4) is 34.1 Å². The summed E-state index contributed by atoms with van der Waals surface area (Å²) in [6.45, 7) is 2.87. The number of para-hydroxylation sites is 1. The molecule has 3 heterocycles. The number of fused-ring (bicyclic) bond motifs is 1. The van der Waals surface area contributed by atoms with E-state index in [1.807, 2.05) is 95.8 Å². The van der Waals surface area contributed by atoms with Crippen LogP contribution in [0.1, 0.15) is 31.7 Å². The highest BCUT2D eigenvalue weighted by atomic mass is 35.5. The normalized spacial score (nSPS) is 11.9. The molecule has 3 aromatic heterocycles. The molecule has 0 fully saturated rings. The highest BCUT2D eigenvalue weighted by Gasteiger charge is 2.15. The Morgan fingerprint density at radius 2 is 1.68 bits per heavy atom. The van der Waals surface area contributed by atoms with E-state index in [2.05, 4.69) is 17.0 Å². The van der Waals surface area contributed by atoms with Crippen LogP contribution in [0.25, 0.3) is 39.4 Å². The molecule has 0 aliphatic heterocycles. The van der Waals surface area contributed by atoms with E-state index in [0.717, 1.165) is 53.1 Å². The molecule has 0 spiro atoms. The van der Waals surface area contributed by atoms with E-state index in [-0.39, 0.29) is 5.56 Å². The first-order valence-corrected chi connectivity index (χ1v) is 14.3. The zero-order valence-corrected chi connectivity index (χ0v) is 23.4. The van der Waals surface area contributed by atoms with Crippen molar-refractivity contribution in [3.05, 3.63) is 111 Å². The average molecular weight is 568 g/mol. The third-order valence-corrected chi connectivity index (χ3v) is 7.69. The predicted octanol–water partition coefficient (Wildman–Crippen LogP) is 6.44. The van der Waals surface area contributed by atoms with Crippen molar-refractivity contribution in [2.75, 3.05) is 6.61 Å². The van der Waals surface area contributed by atoms with Gasteiger partial charge in [-0.25, -0.2) is 4.68 Å². The molecule has 0 saturated carbocycles. The van der Waals surface area contributed by atoms with E-state index in [1.165, 1.54) is 15.9 Å². The second-order valence-corrected chi connectivity index (χ2v) is 10.8. The molecule has 0 bridgehead atoms. The molecule has 0 amide bonds. The van der Waals surface area contributed by atoms with Crippen molar-refractivity contribution in [2.24, 2.45) is 0 Å². The number of hydrogen-bond acceptors (Lipinski definition) is 6. The van der Waals surface area contributed by atoms with E-state index in [9.17, 15) is 4.79 Å². The van der Waals surface area contributed by atoms with Gasteiger partial charge in [0.25, 0.3) is 5.56 Å². The molecule has 200 valence electrons. The summed E-state index contributed by atoms with van der Waals surface area (Å²) in [7, 11) is 0. The number of nitrogens with zero attached hydrogens (tertiary/aromatic N) is 5. The standard InChI is InChI=1S/C31H26ClN5O2S/c1-2-3-7-18-39-26-16-12-22(13-17-26)29-33-31-37(35-29)30(38)27(40-31)19-23-20-36(25-8-5-4-6-9-25)34-28(23)21-10-14-24(32)15-11-21/h4-6,8-17,19-20H,2-3,7,18H2,1H3. The van der Waals surface area contributed by atoms with Gasteiger partial charge in [0.2, 0.25) is 4.96 Å². The Morgan fingerprint density at radius 1 is 0.925 bits per heavy atom. The minimum Gasteiger partial charge on any atom is -0.494 e. The number of benzene rings is 3. The molecule has 3 aromatic carbocycles. The van der Waals surface area contributed by atoms with Crippen molar-refractivity contribution in [3.63, 3.8) is 0 Å². The third-order valence-electron chi connectivity index (χ3n) is 6.48. The second-order valence-electron chi connectivity index (χ2n) is 9.35. The van der Waals surface area contributed by atoms with Gasteiger partial charge >= 0.3 is 0 Å². The number of aromatic nitrogens is 5. The zero-order valence-electron chi connectivity index (χ0n) is 21.8. The quantitative estimate of drug-likeness (QED) is 0.188. The first-order chi connectivity index (χ1) is 19.6. The second kappa shape index (κ2) is 11.5. The first-order valence-electron chi connectivity index (χ1n) is 13.1. The van der Waals surface area contributed by atoms with Crippen LogP contribution in [0.4, 0.5) is 0 Å². The Kier molecular flexibility index (Phi) is 7.44. The molecule has 0 aliphatic carbocycles. The largest absolute Gasteiger partial charge is 0.494 e. The van der Waals surface area contributed by atoms with Gasteiger partial charge in [-0.05, 0) is 61.0 Å². The lowest BCUT2D eigenvalue weighted by molar-refractivity contribution is 0.306. The highest BCUT2D eigenvalue weighted by Crippen LogP contribution is 2.26. The molecule has 0 unspecified atom stereocenters. The van der Waals surface area contributed by atoms with Gasteiger partial charge in [-0.1, -0.05) is 73.0 Å². The number of thiazole rings is 1. The summed E-state index contributed by atoms with van der Waals surface area (Å²) >= 11 is 7.43. The fourth-order valence-corrected chi connectivity index (χ4v) is 5.40. The van der Waals surface area contributed by atoms with Crippen LogP contribution in [0.15, 0.2) is 89.9 Å². The van der Waals surface area contributed by atoms with Gasteiger partial charge in [0, 0.05) is 27.9 Å². The van der Waals surface area contributed by atoms with Crippen molar-refractivity contribution in [2.45, 2.75) is 26.2 Å². The Bertz CT molecular complexity index is 1860. The zero-order chi connectivity index (χ0) is 27.5. The maximum Gasteiger partial charge on any atom is 0.291 e. The topological polar surface area (TPSA) is 74.3 Å². The number of ether oxygens (including phenoxy) is 1. The molecule has 0 atom stereocenters. The molecule has 0 saturated heterocycles. The maximum atomic E-state index is 13.3. The minimum absolute atomic E-state index is 0.218.